The first kappa shape index (κ1) is 20.8. The van der Waals surface area contributed by atoms with Crippen LogP contribution in [0.5, 0.6) is 11.5 Å². The molecule has 5 rings (SSSR count). The van der Waals surface area contributed by atoms with Crippen molar-refractivity contribution in [2.45, 2.75) is 44.2 Å². The average Bonchev–Trinajstić information content (AvgIpc) is 3.33. The molecule has 0 aliphatic carbocycles. The number of phenolic OH excluding ortho intramolecular Hbond substituents is 1. The van der Waals surface area contributed by atoms with E-state index < -0.39 is 0 Å². The van der Waals surface area contributed by atoms with Gasteiger partial charge in [0.25, 0.3) is 0 Å². The van der Waals surface area contributed by atoms with Crippen LogP contribution < -0.4 is 4.74 Å². The predicted molar refractivity (Wildman–Crippen MR) is 122 cm³/mol. The Bertz CT molecular complexity index is 857. The van der Waals surface area contributed by atoms with Crippen LogP contribution in [0.4, 0.5) is 0 Å². The van der Waals surface area contributed by atoms with E-state index in [0.29, 0.717) is 11.8 Å². The van der Waals surface area contributed by atoms with E-state index in [0.717, 1.165) is 57.9 Å². The Balaban J connectivity index is 1.34. The van der Waals surface area contributed by atoms with Crippen LogP contribution in [0.3, 0.4) is 0 Å². The summed E-state index contributed by atoms with van der Waals surface area (Å²) in [6.07, 6.45) is 5.79. The van der Waals surface area contributed by atoms with Crippen LogP contribution in [0.15, 0.2) is 42.5 Å². The lowest BCUT2D eigenvalue weighted by atomic mass is 9.86. The van der Waals surface area contributed by atoms with Crippen LogP contribution in [-0.2, 0) is 11.2 Å². The largest absolute Gasteiger partial charge is 0.508 e. The van der Waals surface area contributed by atoms with Gasteiger partial charge in [-0.1, -0.05) is 18.2 Å². The van der Waals surface area contributed by atoms with Gasteiger partial charge < -0.3 is 14.6 Å². The lowest BCUT2D eigenvalue weighted by Gasteiger charge is -2.44. The fourth-order valence-electron chi connectivity index (χ4n) is 5.46. The number of likely N-dealkylation sites (tertiary alicyclic amines) is 1. The molecule has 2 saturated heterocycles. The number of aromatic hydroxyl groups is 1. The summed E-state index contributed by atoms with van der Waals surface area (Å²) in [4.78, 5) is 5.14. The summed E-state index contributed by atoms with van der Waals surface area (Å²) in [5, 5.41) is 10.0. The molecule has 3 aliphatic heterocycles. The van der Waals surface area contributed by atoms with Crippen molar-refractivity contribution < 1.29 is 14.6 Å². The van der Waals surface area contributed by atoms with Crippen molar-refractivity contribution >= 4 is 0 Å². The molecule has 0 bridgehead atoms. The summed E-state index contributed by atoms with van der Waals surface area (Å²) >= 11 is 0. The zero-order valence-electron chi connectivity index (χ0n) is 18.3. The molecule has 166 valence electrons. The fraction of sp³-hybridized carbons (Fsp3) is 0.538. The van der Waals surface area contributed by atoms with Crippen molar-refractivity contribution in [1.82, 2.24) is 9.80 Å². The molecule has 0 aromatic heterocycles. The van der Waals surface area contributed by atoms with Crippen molar-refractivity contribution in [2.24, 2.45) is 0 Å². The minimum absolute atomic E-state index is 0.214. The zero-order valence-corrected chi connectivity index (χ0v) is 18.3. The van der Waals surface area contributed by atoms with Gasteiger partial charge in [-0.15, -0.1) is 0 Å². The van der Waals surface area contributed by atoms with Gasteiger partial charge in [-0.05, 0) is 86.1 Å². The van der Waals surface area contributed by atoms with Gasteiger partial charge in [-0.2, -0.15) is 0 Å². The third kappa shape index (κ3) is 4.74. The summed E-state index contributed by atoms with van der Waals surface area (Å²) < 4.78 is 11.7. The van der Waals surface area contributed by atoms with E-state index in [1.54, 1.807) is 0 Å². The molecule has 1 unspecified atom stereocenters. The Morgan fingerprint density at radius 3 is 2.52 bits per heavy atom. The Kier molecular flexibility index (Phi) is 6.44. The lowest BCUT2D eigenvalue weighted by Crippen LogP contribution is -2.45. The molecular weight excluding hydrogens is 388 g/mol. The second kappa shape index (κ2) is 9.60. The number of benzene rings is 2. The van der Waals surface area contributed by atoms with Gasteiger partial charge in [0, 0.05) is 32.3 Å². The highest BCUT2D eigenvalue weighted by atomic mass is 16.5. The molecule has 2 aromatic carbocycles. The maximum absolute atomic E-state index is 10.0. The molecule has 2 aromatic rings. The van der Waals surface area contributed by atoms with E-state index in [1.807, 2.05) is 12.1 Å². The molecule has 5 heteroatoms. The summed E-state index contributed by atoms with van der Waals surface area (Å²) in [6, 6.07) is 15.3. The molecule has 3 heterocycles. The van der Waals surface area contributed by atoms with Gasteiger partial charge in [0.2, 0.25) is 0 Å². The van der Waals surface area contributed by atoms with E-state index in [1.165, 1.54) is 42.6 Å². The van der Waals surface area contributed by atoms with Crippen LogP contribution in [-0.4, -0.2) is 66.9 Å². The molecular formula is C26H34N2O3. The second-order valence-corrected chi connectivity index (χ2v) is 9.08. The Morgan fingerprint density at radius 2 is 1.74 bits per heavy atom. The highest BCUT2D eigenvalue weighted by molar-refractivity contribution is 5.44. The second-order valence-electron chi connectivity index (χ2n) is 9.08. The minimum Gasteiger partial charge on any atom is -0.508 e. The molecule has 5 nitrogen and oxygen atoms in total. The topological polar surface area (TPSA) is 45.2 Å². The molecule has 0 saturated carbocycles. The van der Waals surface area contributed by atoms with Gasteiger partial charge in [-0.3, -0.25) is 9.80 Å². The summed E-state index contributed by atoms with van der Waals surface area (Å²) in [6.45, 7) is 6.89. The molecule has 1 N–H and O–H groups in total. The Labute approximate surface area is 185 Å². The SMILES string of the molecule is Oc1ccc2c(c1)CCN(C1CCOCC1)C2c1ccc(OCCN2CCCC2)cc1. The number of nitrogens with zero attached hydrogens (tertiary/aromatic N) is 2. The maximum Gasteiger partial charge on any atom is 0.119 e. The molecule has 0 amide bonds. The summed E-state index contributed by atoms with van der Waals surface area (Å²) in [5.41, 5.74) is 3.88. The fourth-order valence-corrected chi connectivity index (χ4v) is 5.46. The highest BCUT2D eigenvalue weighted by Crippen LogP contribution is 2.39. The first-order chi connectivity index (χ1) is 15.3. The van der Waals surface area contributed by atoms with Crippen molar-refractivity contribution in [3.63, 3.8) is 0 Å². The van der Waals surface area contributed by atoms with E-state index in [4.69, 9.17) is 9.47 Å². The molecule has 1 atom stereocenters. The third-order valence-electron chi connectivity index (χ3n) is 7.12. The van der Waals surface area contributed by atoms with E-state index in [-0.39, 0.29) is 6.04 Å². The number of hydrogen-bond acceptors (Lipinski definition) is 5. The lowest BCUT2D eigenvalue weighted by molar-refractivity contribution is 0.0201. The summed E-state index contributed by atoms with van der Waals surface area (Å²) in [5.74, 6) is 1.31. The van der Waals surface area contributed by atoms with Gasteiger partial charge in [0.1, 0.15) is 18.1 Å². The van der Waals surface area contributed by atoms with E-state index >= 15 is 0 Å². The van der Waals surface area contributed by atoms with Crippen LogP contribution in [0, 0.1) is 0 Å². The van der Waals surface area contributed by atoms with Crippen LogP contribution in [0.2, 0.25) is 0 Å². The number of rotatable bonds is 6. The quantitative estimate of drug-likeness (QED) is 0.763. The van der Waals surface area contributed by atoms with Crippen molar-refractivity contribution in [3.05, 3.63) is 59.2 Å². The van der Waals surface area contributed by atoms with Crippen LogP contribution in [0.25, 0.3) is 0 Å². The van der Waals surface area contributed by atoms with Crippen molar-refractivity contribution in [2.75, 3.05) is 46.0 Å². The van der Waals surface area contributed by atoms with Crippen LogP contribution >= 0.6 is 0 Å². The van der Waals surface area contributed by atoms with Crippen LogP contribution in [0.1, 0.15) is 48.4 Å². The molecule has 31 heavy (non-hydrogen) atoms. The average molecular weight is 423 g/mol. The van der Waals surface area contributed by atoms with E-state index in [2.05, 4.69) is 40.1 Å². The normalized spacial score (nSPS) is 23.0. The zero-order chi connectivity index (χ0) is 21.0. The molecule has 0 radical (unpaired) electrons. The standard InChI is InChI=1S/C26H34N2O3/c29-23-5-8-25-21(19-23)9-14-28(22-10-16-30-17-11-22)26(25)20-3-6-24(7-4-20)31-18-15-27-12-1-2-13-27/h3-8,19,22,26,29H,1-2,9-18H2. The molecule has 0 spiro atoms. The molecule has 2 fully saturated rings. The smallest absolute Gasteiger partial charge is 0.119 e. The molecule has 3 aliphatic rings. The number of fused-ring (bicyclic) bond motifs is 1. The Hall–Kier alpha value is -2.08. The van der Waals surface area contributed by atoms with E-state index in [9.17, 15) is 5.11 Å². The Morgan fingerprint density at radius 1 is 0.968 bits per heavy atom. The van der Waals surface area contributed by atoms with Gasteiger partial charge in [0.15, 0.2) is 0 Å². The van der Waals surface area contributed by atoms with Gasteiger partial charge in [0.05, 0.1) is 6.04 Å². The number of hydrogen-bond donors (Lipinski definition) is 1. The number of ether oxygens (including phenoxy) is 2. The third-order valence-corrected chi connectivity index (χ3v) is 7.12. The first-order valence-corrected chi connectivity index (χ1v) is 11.9. The minimum atomic E-state index is 0.214. The maximum atomic E-state index is 10.0. The monoisotopic (exact) mass is 422 g/mol. The highest BCUT2D eigenvalue weighted by Gasteiger charge is 2.34. The summed E-state index contributed by atoms with van der Waals surface area (Å²) in [7, 11) is 0. The predicted octanol–water partition coefficient (Wildman–Crippen LogP) is 3.99. The van der Waals surface area contributed by atoms with Crippen molar-refractivity contribution in [1.29, 1.82) is 0 Å². The number of phenols is 1. The van der Waals surface area contributed by atoms with Gasteiger partial charge >= 0.3 is 0 Å². The van der Waals surface area contributed by atoms with Crippen molar-refractivity contribution in [3.8, 4) is 11.5 Å². The first-order valence-electron chi connectivity index (χ1n) is 11.9. The van der Waals surface area contributed by atoms with Gasteiger partial charge in [-0.25, -0.2) is 0 Å².